The van der Waals surface area contributed by atoms with Crippen LogP contribution in [0.25, 0.3) is 5.69 Å². The van der Waals surface area contributed by atoms with Gasteiger partial charge in [0.25, 0.3) is 0 Å². The molecule has 0 atom stereocenters. The van der Waals surface area contributed by atoms with Crippen LogP contribution in [0.5, 0.6) is 17.5 Å². The van der Waals surface area contributed by atoms with Gasteiger partial charge < -0.3 is 19.7 Å². The van der Waals surface area contributed by atoms with Gasteiger partial charge in [0.05, 0.1) is 10.7 Å². The van der Waals surface area contributed by atoms with Crippen molar-refractivity contribution < 1.29 is 42.0 Å². The third-order valence-electron chi connectivity index (χ3n) is 4.64. The monoisotopic (exact) mass is 463 g/mol. The first-order valence-corrected chi connectivity index (χ1v) is 9.63. The molecule has 31 heavy (non-hydrogen) atoms. The SMILES string of the molecule is O=C(C=CCOc1cc(-n2c(O)c3c(c2O)CCCC3)c(F)cc1Cl)OCC(F)(F)F. The quantitative estimate of drug-likeness (QED) is 0.372. The van der Waals surface area contributed by atoms with Gasteiger partial charge >= 0.3 is 12.1 Å². The van der Waals surface area contributed by atoms with E-state index in [4.69, 9.17) is 16.3 Å². The minimum atomic E-state index is -4.63. The molecular weight excluding hydrogens is 446 g/mol. The van der Waals surface area contributed by atoms with Gasteiger partial charge in [-0.05, 0) is 37.8 Å². The van der Waals surface area contributed by atoms with Gasteiger partial charge in [-0.1, -0.05) is 11.6 Å². The smallest absolute Gasteiger partial charge is 0.422 e. The van der Waals surface area contributed by atoms with Crippen molar-refractivity contribution in [1.29, 1.82) is 0 Å². The van der Waals surface area contributed by atoms with Crippen LogP contribution >= 0.6 is 11.6 Å². The van der Waals surface area contributed by atoms with Crippen LogP contribution in [0.2, 0.25) is 5.02 Å². The van der Waals surface area contributed by atoms with Gasteiger partial charge in [0, 0.05) is 23.3 Å². The molecule has 6 nitrogen and oxygen atoms in total. The summed E-state index contributed by atoms with van der Waals surface area (Å²) in [7, 11) is 0. The lowest BCUT2D eigenvalue weighted by atomic mass is 9.95. The molecule has 0 amide bonds. The molecule has 2 N–H and O–H groups in total. The summed E-state index contributed by atoms with van der Waals surface area (Å²) in [4.78, 5) is 11.2. The van der Waals surface area contributed by atoms with Crippen molar-refractivity contribution in [3.8, 4) is 23.2 Å². The summed E-state index contributed by atoms with van der Waals surface area (Å²) in [6.45, 7) is -2.00. The molecule has 0 spiro atoms. The fraction of sp³-hybridized carbons (Fsp3) is 0.350. The average molecular weight is 464 g/mol. The number of fused-ring (bicyclic) bond motifs is 1. The molecule has 0 saturated carbocycles. The second-order valence-electron chi connectivity index (χ2n) is 6.82. The Kier molecular flexibility index (Phi) is 6.68. The van der Waals surface area contributed by atoms with Crippen LogP contribution in [0.3, 0.4) is 0 Å². The number of carbonyl (C=O) groups excluding carboxylic acids is 1. The number of alkyl halides is 3. The topological polar surface area (TPSA) is 80.9 Å². The van der Waals surface area contributed by atoms with E-state index in [1.807, 2.05) is 0 Å². The molecule has 0 unspecified atom stereocenters. The zero-order valence-corrected chi connectivity index (χ0v) is 16.8. The van der Waals surface area contributed by atoms with Crippen molar-refractivity contribution in [1.82, 2.24) is 4.57 Å². The number of halogens is 5. The standard InChI is InChI=1S/C20H18ClF4NO5/c21-13-8-14(22)15(26-18(28)11-4-1-2-5-12(11)19(26)29)9-16(13)30-7-3-6-17(27)31-10-20(23,24)25/h3,6,8-9,28-29H,1-2,4-5,7,10H2. The molecular formula is C20H18ClF4NO5. The van der Waals surface area contributed by atoms with Crippen molar-refractivity contribution in [2.24, 2.45) is 0 Å². The lowest BCUT2D eigenvalue weighted by molar-refractivity contribution is -0.182. The summed E-state index contributed by atoms with van der Waals surface area (Å²) < 4.78 is 60.9. The minimum Gasteiger partial charge on any atom is -0.494 e. The average Bonchev–Trinajstić information content (AvgIpc) is 2.95. The second kappa shape index (κ2) is 9.09. The van der Waals surface area contributed by atoms with E-state index >= 15 is 0 Å². The van der Waals surface area contributed by atoms with Gasteiger partial charge in [0.1, 0.15) is 18.2 Å². The highest BCUT2D eigenvalue weighted by atomic mass is 35.5. The number of nitrogens with zero attached hydrogens (tertiary/aromatic N) is 1. The number of hydrogen-bond donors (Lipinski definition) is 2. The van der Waals surface area contributed by atoms with Crippen molar-refractivity contribution in [2.75, 3.05) is 13.2 Å². The number of aromatic hydroxyl groups is 2. The van der Waals surface area contributed by atoms with E-state index in [-0.39, 0.29) is 34.8 Å². The summed E-state index contributed by atoms with van der Waals surface area (Å²) in [6.07, 6.45) is -0.0145. The Labute approximate surface area is 179 Å². The number of hydrogen-bond acceptors (Lipinski definition) is 5. The lowest BCUT2D eigenvalue weighted by Gasteiger charge is -2.12. The van der Waals surface area contributed by atoms with Crippen molar-refractivity contribution in [2.45, 2.75) is 31.9 Å². The van der Waals surface area contributed by atoms with Gasteiger partial charge in [-0.25, -0.2) is 13.8 Å². The van der Waals surface area contributed by atoms with Crippen molar-refractivity contribution in [3.63, 3.8) is 0 Å². The van der Waals surface area contributed by atoms with E-state index < -0.39 is 24.6 Å². The Morgan fingerprint density at radius 3 is 2.35 bits per heavy atom. The van der Waals surface area contributed by atoms with Crippen LogP contribution in [0, 0.1) is 5.82 Å². The molecule has 1 aliphatic rings. The minimum absolute atomic E-state index is 0.0307. The Bertz CT molecular complexity index is 987. The zero-order valence-electron chi connectivity index (χ0n) is 16.0. The highest BCUT2D eigenvalue weighted by Crippen LogP contribution is 2.42. The van der Waals surface area contributed by atoms with Crippen LogP contribution in [0.1, 0.15) is 24.0 Å². The van der Waals surface area contributed by atoms with E-state index in [2.05, 4.69) is 4.74 Å². The molecule has 1 aliphatic carbocycles. The van der Waals surface area contributed by atoms with E-state index in [1.54, 1.807) is 0 Å². The van der Waals surface area contributed by atoms with Crippen molar-refractivity contribution in [3.05, 3.63) is 46.3 Å². The van der Waals surface area contributed by atoms with Crippen LogP contribution in [-0.2, 0) is 22.4 Å². The largest absolute Gasteiger partial charge is 0.494 e. The maximum Gasteiger partial charge on any atom is 0.422 e. The molecule has 1 aromatic carbocycles. The number of aromatic nitrogens is 1. The summed E-state index contributed by atoms with van der Waals surface area (Å²) in [6, 6.07) is 2.10. The van der Waals surface area contributed by atoms with Crippen LogP contribution < -0.4 is 4.74 Å². The van der Waals surface area contributed by atoms with Crippen molar-refractivity contribution >= 4 is 17.6 Å². The highest BCUT2D eigenvalue weighted by Gasteiger charge is 2.29. The first kappa shape index (κ1) is 22.8. The molecule has 1 aromatic heterocycles. The maximum absolute atomic E-state index is 14.6. The molecule has 0 aliphatic heterocycles. The van der Waals surface area contributed by atoms with Gasteiger partial charge in [-0.15, -0.1) is 0 Å². The number of esters is 1. The lowest BCUT2D eigenvalue weighted by Crippen LogP contribution is -2.19. The number of benzene rings is 1. The number of ether oxygens (including phenoxy) is 2. The molecule has 168 valence electrons. The zero-order chi connectivity index (χ0) is 22.8. The fourth-order valence-corrected chi connectivity index (χ4v) is 3.49. The summed E-state index contributed by atoms with van der Waals surface area (Å²) >= 11 is 5.97. The van der Waals surface area contributed by atoms with Gasteiger partial charge in [0.15, 0.2) is 6.61 Å². The molecule has 0 saturated heterocycles. The van der Waals surface area contributed by atoms with Crippen LogP contribution in [0.15, 0.2) is 24.3 Å². The molecule has 0 fully saturated rings. The Hall–Kier alpha value is -2.88. The molecule has 1 heterocycles. The van der Waals surface area contributed by atoms with E-state index in [0.717, 1.165) is 35.6 Å². The summed E-state index contributed by atoms with van der Waals surface area (Å²) in [5, 5.41) is 20.9. The van der Waals surface area contributed by atoms with E-state index in [1.165, 1.54) is 6.07 Å². The molecule has 2 aromatic rings. The van der Waals surface area contributed by atoms with Crippen LogP contribution in [-0.4, -0.2) is 40.1 Å². The predicted octanol–water partition coefficient (Wildman–Crippen LogP) is 4.60. The van der Waals surface area contributed by atoms with Crippen LogP contribution in [0.4, 0.5) is 17.6 Å². The Morgan fingerprint density at radius 1 is 1.16 bits per heavy atom. The Balaban J connectivity index is 1.76. The van der Waals surface area contributed by atoms with Gasteiger partial charge in [-0.2, -0.15) is 13.2 Å². The normalized spacial score (nSPS) is 14.0. The molecule has 3 rings (SSSR count). The predicted molar refractivity (Wildman–Crippen MR) is 102 cm³/mol. The third kappa shape index (κ3) is 5.25. The summed E-state index contributed by atoms with van der Waals surface area (Å²) in [5.41, 5.74) is 0.916. The third-order valence-corrected chi connectivity index (χ3v) is 4.94. The number of rotatable bonds is 6. The van der Waals surface area contributed by atoms with Gasteiger partial charge in [0.2, 0.25) is 11.8 Å². The van der Waals surface area contributed by atoms with E-state index in [9.17, 15) is 32.6 Å². The molecule has 0 radical (unpaired) electrons. The molecule has 0 bridgehead atoms. The highest BCUT2D eigenvalue weighted by molar-refractivity contribution is 6.32. The number of carbonyl (C=O) groups is 1. The maximum atomic E-state index is 14.6. The second-order valence-corrected chi connectivity index (χ2v) is 7.22. The van der Waals surface area contributed by atoms with E-state index in [0.29, 0.717) is 24.0 Å². The Morgan fingerprint density at radius 2 is 1.77 bits per heavy atom. The van der Waals surface area contributed by atoms with Gasteiger partial charge in [-0.3, -0.25) is 0 Å². The summed E-state index contributed by atoms with van der Waals surface area (Å²) in [5.74, 6) is -2.60. The first-order valence-electron chi connectivity index (χ1n) is 9.25. The fourth-order valence-electron chi connectivity index (χ4n) is 3.28. The first-order chi connectivity index (χ1) is 14.6. The molecule has 11 heteroatoms.